The zero-order valence-electron chi connectivity index (χ0n) is 22.3. The summed E-state index contributed by atoms with van der Waals surface area (Å²) in [6.07, 6.45) is 3.33. The largest absolute Gasteiger partial charge is 0.474 e. The maximum absolute atomic E-state index is 13.0. The molecule has 0 unspecified atom stereocenters. The first-order chi connectivity index (χ1) is 17.5. The number of carbonyl (C=O) groups is 2. The van der Waals surface area contributed by atoms with Crippen LogP contribution in [-0.2, 0) is 17.8 Å². The number of primary amides is 1. The Morgan fingerprint density at radius 3 is 2.68 bits per heavy atom. The van der Waals surface area contributed by atoms with Gasteiger partial charge in [-0.3, -0.25) is 9.59 Å². The molecular weight excluding hydrogens is 494 g/mol. The molecule has 2 atom stereocenters. The van der Waals surface area contributed by atoms with Gasteiger partial charge in [-0.2, -0.15) is 0 Å². The highest BCUT2D eigenvalue weighted by atomic mass is 32.1. The summed E-state index contributed by atoms with van der Waals surface area (Å²) in [5.74, 6) is -0.481. The average molecular weight is 534 g/mol. The van der Waals surface area contributed by atoms with Crippen molar-refractivity contribution in [2.24, 2.45) is 5.73 Å². The van der Waals surface area contributed by atoms with Crippen molar-refractivity contribution in [1.82, 2.24) is 15.3 Å². The average Bonchev–Trinajstić information content (AvgIpc) is 3.23. The number of fused-ring (bicyclic) bond motifs is 1. The summed E-state index contributed by atoms with van der Waals surface area (Å²) in [5, 5.41) is 16.7. The zero-order valence-corrected chi connectivity index (χ0v) is 23.2. The Bertz CT molecular complexity index is 1100. The second-order valence-electron chi connectivity index (χ2n) is 10.0. The fraction of sp³-hybridized carbons (Fsp3) is 0.615. The number of aliphatic hydroxyl groups is 1. The zero-order chi connectivity index (χ0) is 27.2. The van der Waals surface area contributed by atoms with Gasteiger partial charge in [-0.15, -0.1) is 0 Å². The Hall–Kier alpha value is -2.76. The molecule has 204 valence electrons. The minimum Gasteiger partial charge on any atom is -0.474 e. The van der Waals surface area contributed by atoms with Crippen LogP contribution in [0.4, 0.5) is 5.13 Å². The smallest absolute Gasteiger partial charge is 0.263 e. The Labute approximate surface area is 222 Å². The van der Waals surface area contributed by atoms with E-state index >= 15 is 0 Å². The second kappa shape index (κ2) is 12.7. The van der Waals surface area contributed by atoms with Crippen molar-refractivity contribution in [2.45, 2.75) is 91.1 Å². The lowest BCUT2D eigenvalue weighted by molar-refractivity contribution is 0.0922. The molecule has 0 spiro atoms. The van der Waals surface area contributed by atoms with Gasteiger partial charge in [-0.05, 0) is 52.5 Å². The molecule has 0 bridgehead atoms. The number of amides is 2. The third kappa shape index (κ3) is 8.11. The lowest BCUT2D eigenvalue weighted by Gasteiger charge is -2.23. The van der Waals surface area contributed by atoms with Crippen molar-refractivity contribution in [3.63, 3.8) is 0 Å². The van der Waals surface area contributed by atoms with E-state index in [0.717, 1.165) is 17.7 Å². The van der Waals surface area contributed by atoms with Crippen molar-refractivity contribution in [3.05, 3.63) is 33.5 Å². The topological polar surface area (TPSA) is 149 Å². The van der Waals surface area contributed by atoms with Crippen LogP contribution in [-0.4, -0.2) is 57.8 Å². The van der Waals surface area contributed by atoms with Crippen molar-refractivity contribution < 1.29 is 24.2 Å². The quantitative estimate of drug-likeness (QED) is 0.306. The van der Waals surface area contributed by atoms with Gasteiger partial charge in [0.05, 0.1) is 30.2 Å². The third-order valence-electron chi connectivity index (χ3n) is 6.24. The third-order valence-corrected chi connectivity index (χ3v) is 7.35. The number of pyridine rings is 1. The first-order valence-electron chi connectivity index (χ1n) is 12.8. The maximum Gasteiger partial charge on any atom is 0.263 e. The van der Waals surface area contributed by atoms with Gasteiger partial charge in [-0.25, -0.2) is 9.97 Å². The molecule has 2 aromatic heterocycles. The van der Waals surface area contributed by atoms with Crippen LogP contribution in [0, 0.1) is 6.92 Å². The van der Waals surface area contributed by atoms with E-state index in [4.69, 9.17) is 15.2 Å². The molecule has 3 heterocycles. The standard InChI is InChI=1S/C26H39N5O5S/c1-6-17(30-23(33)21-15(3)29-25(37-21)28-14-26(4,5)34)8-9-18(7-2)36-24-19(22(27)32)12-16-13-35-11-10-20(16)31-24/h12,17-18,34H,6-11,13-14H2,1-5H3,(H2,27,32)(H,28,29)(H,30,33)/t17-,18-/m0/s1. The number of hydrogen-bond acceptors (Lipinski definition) is 9. The molecular formula is C26H39N5O5S. The summed E-state index contributed by atoms with van der Waals surface area (Å²) < 4.78 is 11.6. The molecule has 1 aliphatic rings. The lowest BCUT2D eigenvalue weighted by atomic mass is 10.0. The van der Waals surface area contributed by atoms with Gasteiger partial charge in [0.25, 0.3) is 11.8 Å². The summed E-state index contributed by atoms with van der Waals surface area (Å²) in [5.41, 5.74) is 7.37. The van der Waals surface area contributed by atoms with E-state index in [2.05, 4.69) is 20.6 Å². The second-order valence-corrected chi connectivity index (χ2v) is 11.0. The molecule has 0 fully saturated rings. The molecule has 11 heteroatoms. The van der Waals surface area contributed by atoms with Crippen LogP contribution < -0.4 is 21.1 Å². The summed E-state index contributed by atoms with van der Waals surface area (Å²) in [6, 6.07) is 1.67. The summed E-state index contributed by atoms with van der Waals surface area (Å²) in [7, 11) is 0. The molecule has 2 aromatic rings. The number of nitrogens with two attached hydrogens (primary N) is 1. The monoisotopic (exact) mass is 533 g/mol. The number of ether oxygens (including phenoxy) is 2. The highest BCUT2D eigenvalue weighted by Crippen LogP contribution is 2.26. The molecule has 0 saturated carbocycles. The number of anilines is 1. The van der Waals surface area contributed by atoms with Crippen LogP contribution >= 0.6 is 11.3 Å². The fourth-order valence-corrected chi connectivity index (χ4v) is 4.89. The van der Waals surface area contributed by atoms with Crippen LogP contribution in [0.2, 0.25) is 0 Å². The highest BCUT2D eigenvalue weighted by Gasteiger charge is 2.23. The van der Waals surface area contributed by atoms with E-state index < -0.39 is 11.5 Å². The summed E-state index contributed by atoms with van der Waals surface area (Å²) >= 11 is 1.28. The molecule has 1 aliphatic heterocycles. The molecule has 3 rings (SSSR count). The molecule has 0 radical (unpaired) electrons. The first kappa shape index (κ1) is 28.8. The highest BCUT2D eigenvalue weighted by molar-refractivity contribution is 7.17. The van der Waals surface area contributed by atoms with Gasteiger partial charge in [0, 0.05) is 24.6 Å². The van der Waals surface area contributed by atoms with E-state index in [1.807, 2.05) is 13.8 Å². The molecule has 10 nitrogen and oxygen atoms in total. The number of rotatable bonds is 13. The molecule has 0 aromatic carbocycles. The van der Waals surface area contributed by atoms with Crippen LogP contribution in [0.25, 0.3) is 0 Å². The minimum atomic E-state index is -0.881. The van der Waals surface area contributed by atoms with Crippen LogP contribution in [0.15, 0.2) is 6.07 Å². The van der Waals surface area contributed by atoms with Gasteiger partial charge >= 0.3 is 0 Å². The van der Waals surface area contributed by atoms with Gasteiger partial charge in [0.2, 0.25) is 5.88 Å². The Morgan fingerprint density at radius 2 is 2.03 bits per heavy atom. The van der Waals surface area contributed by atoms with Gasteiger partial charge in [0.15, 0.2) is 5.13 Å². The number of aromatic nitrogens is 2. The van der Waals surface area contributed by atoms with Crippen LogP contribution in [0.3, 0.4) is 0 Å². The number of hydrogen-bond donors (Lipinski definition) is 4. The number of aryl methyl sites for hydroxylation is 1. The number of nitrogens with one attached hydrogen (secondary N) is 2. The molecule has 2 amide bonds. The lowest BCUT2D eigenvalue weighted by Crippen LogP contribution is -2.35. The molecule has 0 aliphatic carbocycles. The van der Waals surface area contributed by atoms with E-state index in [-0.39, 0.29) is 29.5 Å². The molecule has 0 saturated heterocycles. The Morgan fingerprint density at radius 1 is 1.27 bits per heavy atom. The Balaban J connectivity index is 1.61. The van der Waals surface area contributed by atoms with E-state index in [9.17, 15) is 14.7 Å². The fourth-order valence-electron chi connectivity index (χ4n) is 4.03. The maximum atomic E-state index is 13.0. The van der Waals surface area contributed by atoms with E-state index in [1.54, 1.807) is 26.8 Å². The SMILES string of the molecule is CC[C@@H](CC[C@H](CC)Oc1nc2c(cc1C(N)=O)COCC2)NC(=O)c1sc(NCC(C)(C)O)nc1C. The summed E-state index contributed by atoms with van der Waals surface area (Å²) in [6.45, 7) is 10.6. The van der Waals surface area contributed by atoms with Gasteiger partial charge < -0.3 is 30.9 Å². The van der Waals surface area contributed by atoms with Crippen molar-refractivity contribution in [2.75, 3.05) is 18.5 Å². The number of carbonyl (C=O) groups excluding carboxylic acids is 2. The van der Waals surface area contributed by atoms with E-state index in [0.29, 0.717) is 61.1 Å². The van der Waals surface area contributed by atoms with Gasteiger partial charge in [-0.1, -0.05) is 25.2 Å². The predicted octanol–water partition coefficient (Wildman–Crippen LogP) is 3.35. The Kier molecular flexibility index (Phi) is 9.86. The van der Waals surface area contributed by atoms with Crippen molar-refractivity contribution >= 4 is 28.3 Å². The number of nitrogens with zero attached hydrogens (tertiary/aromatic N) is 2. The first-order valence-corrected chi connectivity index (χ1v) is 13.6. The van der Waals surface area contributed by atoms with Crippen LogP contribution in [0.5, 0.6) is 5.88 Å². The minimum absolute atomic E-state index is 0.0521. The molecule has 5 N–H and O–H groups in total. The van der Waals surface area contributed by atoms with Crippen molar-refractivity contribution in [3.8, 4) is 5.88 Å². The molecule has 37 heavy (non-hydrogen) atoms. The number of thiazole rings is 1. The van der Waals surface area contributed by atoms with E-state index in [1.165, 1.54) is 11.3 Å². The summed E-state index contributed by atoms with van der Waals surface area (Å²) in [4.78, 5) is 34.6. The van der Waals surface area contributed by atoms with Crippen LogP contribution in [0.1, 0.15) is 90.4 Å². The van der Waals surface area contributed by atoms with Gasteiger partial charge in [0.1, 0.15) is 16.5 Å². The predicted molar refractivity (Wildman–Crippen MR) is 143 cm³/mol. The van der Waals surface area contributed by atoms with Crippen molar-refractivity contribution in [1.29, 1.82) is 0 Å². The normalized spacial score (nSPS) is 15.0.